The fraction of sp³-hybridized carbons (Fsp3) is 0.500. The van der Waals surface area contributed by atoms with Crippen LogP contribution in [0.4, 0.5) is 0 Å². The first-order chi connectivity index (χ1) is 8.28. The minimum Gasteiger partial charge on any atom is -0.379 e. The van der Waals surface area contributed by atoms with Crippen LogP contribution >= 0.6 is 11.8 Å². The molecule has 0 saturated heterocycles. The average molecular weight is 267 g/mol. The molecule has 1 aromatic carbocycles. The van der Waals surface area contributed by atoms with Gasteiger partial charge in [0, 0.05) is 10.1 Å². The van der Waals surface area contributed by atoms with Crippen LogP contribution in [0.1, 0.15) is 26.3 Å². The number of nitrogens with two attached hydrogens (primary N) is 1. The summed E-state index contributed by atoms with van der Waals surface area (Å²) in [6, 6.07) is 7.98. The highest BCUT2D eigenvalue weighted by Crippen LogP contribution is 2.34. The Morgan fingerprint density at radius 3 is 2.17 bits per heavy atom. The van der Waals surface area contributed by atoms with Crippen LogP contribution in [0.2, 0.25) is 0 Å². The van der Waals surface area contributed by atoms with Gasteiger partial charge in [0.05, 0.1) is 0 Å². The van der Waals surface area contributed by atoms with Gasteiger partial charge in [-0.05, 0) is 31.9 Å². The summed E-state index contributed by atoms with van der Waals surface area (Å²) in [6.45, 7) is 7.45. The van der Waals surface area contributed by atoms with Gasteiger partial charge in [0.2, 0.25) is 0 Å². The molecule has 0 radical (unpaired) electrons. The molecule has 2 atom stereocenters. The van der Waals surface area contributed by atoms with Crippen LogP contribution in [0.25, 0.3) is 0 Å². The summed E-state index contributed by atoms with van der Waals surface area (Å²) in [7, 11) is 0. The molecular formula is C14H21NO2S. The molecular weight excluding hydrogens is 246 g/mol. The second-order valence-corrected chi connectivity index (χ2v) is 6.33. The zero-order valence-electron chi connectivity index (χ0n) is 11.3. The van der Waals surface area contributed by atoms with Crippen LogP contribution < -0.4 is 5.73 Å². The monoisotopic (exact) mass is 267 g/mol. The van der Waals surface area contributed by atoms with Gasteiger partial charge in [-0.3, -0.25) is 4.79 Å². The number of carbonyl (C=O) groups excluding carboxylic acids is 1. The highest BCUT2D eigenvalue weighted by molar-refractivity contribution is 8.00. The van der Waals surface area contributed by atoms with E-state index >= 15 is 0 Å². The molecule has 0 aliphatic heterocycles. The van der Waals surface area contributed by atoms with Crippen LogP contribution in [0.3, 0.4) is 0 Å². The average Bonchev–Trinajstić information content (AvgIpc) is 2.30. The van der Waals surface area contributed by atoms with Crippen molar-refractivity contribution in [1.29, 1.82) is 0 Å². The van der Waals surface area contributed by atoms with Crippen LogP contribution in [-0.2, 0) is 4.79 Å². The molecule has 0 aliphatic rings. The third-order valence-electron chi connectivity index (χ3n) is 3.23. The minimum atomic E-state index is -1.49. The molecule has 3 N–H and O–H groups in total. The molecule has 100 valence electrons. The number of rotatable bonds is 5. The third-order valence-corrected chi connectivity index (χ3v) is 4.49. The van der Waals surface area contributed by atoms with Gasteiger partial charge in [-0.1, -0.05) is 31.5 Å². The van der Waals surface area contributed by atoms with E-state index in [9.17, 15) is 9.90 Å². The van der Waals surface area contributed by atoms with E-state index in [4.69, 9.17) is 5.73 Å². The number of benzene rings is 1. The zero-order chi connectivity index (χ0) is 13.9. The van der Waals surface area contributed by atoms with Gasteiger partial charge in [0.15, 0.2) is 5.60 Å². The lowest BCUT2D eigenvalue weighted by Gasteiger charge is -2.34. The maximum atomic E-state index is 11.5. The van der Waals surface area contributed by atoms with Crippen LogP contribution in [0, 0.1) is 12.8 Å². The van der Waals surface area contributed by atoms with Crippen molar-refractivity contribution in [3.63, 3.8) is 0 Å². The lowest BCUT2D eigenvalue weighted by molar-refractivity contribution is -0.140. The molecule has 4 heteroatoms. The van der Waals surface area contributed by atoms with E-state index in [1.807, 2.05) is 38.1 Å². The predicted octanol–water partition coefficient (Wildman–Crippen LogP) is 2.35. The first kappa shape index (κ1) is 15.1. The number of amides is 1. The second-order valence-electron chi connectivity index (χ2n) is 4.92. The van der Waals surface area contributed by atoms with E-state index < -0.39 is 11.5 Å². The molecule has 0 bridgehead atoms. The number of aryl methyl sites for hydroxylation is 1. The standard InChI is InChI=1S/C14H21NO2S/c1-9(2)14(17,13(15)16)11(4)18-12-7-5-10(3)6-8-12/h5-9,11,17H,1-4H3,(H2,15,16)/t11-,14-/m1/s1. The number of carbonyl (C=O) groups is 1. The number of aliphatic hydroxyl groups is 1. The largest absolute Gasteiger partial charge is 0.379 e. The van der Waals surface area contributed by atoms with E-state index in [0.717, 1.165) is 4.90 Å². The van der Waals surface area contributed by atoms with Gasteiger partial charge in [0.25, 0.3) is 5.91 Å². The van der Waals surface area contributed by atoms with Crippen molar-refractivity contribution in [2.75, 3.05) is 0 Å². The van der Waals surface area contributed by atoms with Crippen molar-refractivity contribution in [3.05, 3.63) is 29.8 Å². The molecule has 0 fully saturated rings. The van der Waals surface area contributed by atoms with Gasteiger partial charge in [-0.25, -0.2) is 0 Å². The predicted molar refractivity (Wildman–Crippen MR) is 75.5 cm³/mol. The Kier molecular flexibility index (Phi) is 4.82. The number of hydrogen-bond donors (Lipinski definition) is 2. The van der Waals surface area contributed by atoms with Gasteiger partial charge in [0.1, 0.15) is 0 Å². The lowest BCUT2D eigenvalue weighted by Crippen LogP contribution is -2.54. The summed E-state index contributed by atoms with van der Waals surface area (Å²) in [5.74, 6) is -0.882. The molecule has 1 amide bonds. The van der Waals surface area contributed by atoms with Crippen LogP contribution in [0.5, 0.6) is 0 Å². The molecule has 0 unspecified atom stereocenters. The van der Waals surface area contributed by atoms with E-state index in [1.165, 1.54) is 17.3 Å². The Morgan fingerprint density at radius 1 is 1.28 bits per heavy atom. The Balaban J connectivity index is 2.89. The summed E-state index contributed by atoms with van der Waals surface area (Å²) in [4.78, 5) is 12.5. The molecule has 0 aromatic heterocycles. The highest BCUT2D eigenvalue weighted by Gasteiger charge is 2.43. The molecule has 1 aromatic rings. The number of hydrogen-bond acceptors (Lipinski definition) is 3. The Morgan fingerprint density at radius 2 is 1.78 bits per heavy atom. The SMILES string of the molecule is Cc1ccc(S[C@H](C)[C@@](O)(C(N)=O)C(C)C)cc1. The number of thioether (sulfide) groups is 1. The normalized spacial score (nSPS) is 16.3. The second kappa shape index (κ2) is 5.76. The molecule has 1 rings (SSSR count). The van der Waals surface area contributed by atoms with Crippen molar-refractivity contribution in [3.8, 4) is 0 Å². The summed E-state index contributed by atoms with van der Waals surface area (Å²) >= 11 is 1.47. The van der Waals surface area contributed by atoms with Crippen LogP contribution in [0.15, 0.2) is 29.2 Å². The van der Waals surface area contributed by atoms with Crippen molar-refractivity contribution >= 4 is 17.7 Å². The van der Waals surface area contributed by atoms with Crippen molar-refractivity contribution in [2.24, 2.45) is 11.7 Å². The smallest absolute Gasteiger partial charge is 0.250 e. The minimum absolute atomic E-state index is 0.219. The fourth-order valence-electron chi connectivity index (χ4n) is 1.87. The van der Waals surface area contributed by atoms with Crippen LogP contribution in [-0.4, -0.2) is 21.9 Å². The fourth-order valence-corrected chi connectivity index (χ4v) is 3.13. The molecule has 3 nitrogen and oxygen atoms in total. The maximum Gasteiger partial charge on any atom is 0.250 e. The first-order valence-electron chi connectivity index (χ1n) is 6.04. The lowest BCUT2D eigenvalue weighted by atomic mass is 9.87. The molecule has 0 aliphatic carbocycles. The van der Waals surface area contributed by atoms with Gasteiger partial charge >= 0.3 is 0 Å². The van der Waals surface area contributed by atoms with Crippen molar-refractivity contribution in [2.45, 2.75) is 43.4 Å². The topological polar surface area (TPSA) is 63.3 Å². The molecule has 0 spiro atoms. The van der Waals surface area contributed by atoms with E-state index in [1.54, 1.807) is 13.8 Å². The summed E-state index contributed by atoms with van der Waals surface area (Å²) < 4.78 is 0. The first-order valence-corrected chi connectivity index (χ1v) is 6.92. The zero-order valence-corrected chi connectivity index (χ0v) is 12.1. The summed E-state index contributed by atoms with van der Waals surface area (Å²) in [5, 5.41) is 10.2. The maximum absolute atomic E-state index is 11.5. The molecule has 0 saturated carbocycles. The summed E-state index contributed by atoms with van der Waals surface area (Å²) in [6.07, 6.45) is 0. The van der Waals surface area contributed by atoms with Crippen molar-refractivity contribution < 1.29 is 9.90 Å². The molecule has 0 heterocycles. The third kappa shape index (κ3) is 3.06. The van der Waals surface area contributed by atoms with E-state index in [2.05, 4.69) is 0 Å². The quantitative estimate of drug-likeness (QED) is 0.805. The summed E-state index contributed by atoms with van der Waals surface area (Å²) in [5.41, 5.74) is 5.04. The van der Waals surface area contributed by atoms with Gasteiger partial charge in [-0.15, -0.1) is 11.8 Å². The van der Waals surface area contributed by atoms with Gasteiger partial charge in [-0.2, -0.15) is 0 Å². The highest BCUT2D eigenvalue weighted by atomic mass is 32.2. The Bertz CT molecular complexity index is 416. The van der Waals surface area contributed by atoms with E-state index in [-0.39, 0.29) is 11.2 Å². The molecule has 18 heavy (non-hydrogen) atoms. The Labute approximate surface area is 113 Å². The number of primary amides is 1. The van der Waals surface area contributed by atoms with E-state index in [0.29, 0.717) is 0 Å². The Hall–Kier alpha value is -1.00. The van der Waals surface area contributed by atoms with Gasteiger partial charge < -0.3 is 10.8 Å². The van der Waals surface area contributed by atoms with Crippen molar-refractivity contribution in [1.82, 2.24) is 0 Å².